The van der Waals surface area contributed by atoms with Gasteiger partial charge in [-0.1, -0.05) is 19.3 Å². The molecule has 8 rings (SSSR count). The van der Waals surface area contributed by atoms with Crippen LogP contribution < -0.4 is 24.8 Å². The van der Waals surface area contributed by atoms with Crippen molar-refractivity contribution in [1.29, 1.82) is 0 Å². The van der Waals surface area contributed by atoms with Gasteiger partial charge in [-0.25, -0.2) is 0 Å². The van der Waals surface area contributed by atoms with E-state index in [1.807, 2.05) is 18.2 Å². The molecule has 2 aromatic rings. The molecule has 0 saturated heterocycles. The average molecular weight is 534 g/mol. The molecule has 6 aliphatic carbocycles. The molecule has 208 valence electrons. The third-order valence-electron chi connectivity index (χ3n) is 10.5. The van der Waals surface area contributed by atoms with Gasteiger partial charge in [-0.05, 0) is 63.0 Å². The number of fused-ring (bicyclic) bond motifs is 2. The molecule has 39 heavy (non-hydrogen) atoms. The standard InChI is InChI=1S/C31H39N3O5/c1-37-24-13-21-22(14-25(24)38-2)32-12-8-23(21)39-31-18-30(31,19-31)33-26(35)7-6-11-28(9-4-3-5-10-28)27(36)34-29-15-20(16-29)17-29/h8,12-14,20H,3-7,9-11,15-19H2,1-2H3,(H,33,35)(H,34,36). The predicted molar refractivity (Wildman–Crippen MR) is 146 cm³/mol. The van der Waals surface area contributed by atoms with Crippen LogP contribution in [0.15, 0.2) is 24.4 Å². The zero-order valence-electron chi connectivity index (χ0n) is 23.1. The Morgan fingerprint density at radius 3 is 2.36 bits per heavy atom. The lowest BCUT2D eigenvalue weighted by atomic mass is 9.49. The van der Waals surface area contributed by atoms with Crippen LogP contribution in [0.5, 0.6) is 17.2 Å². The molecular formula is C31H39N3O5. The van der Waals surface area contributed by atoms with Crippen molar-refractivity contribution in [2.45, 2.75) is 100 Å². The highest BCUT2D eigenvalue weighted by atomic mass is 16.5. The van der Waals surface area contributed by atoms with Gasteiger partial charge in [0.2, 0.25) is 11.8 Å². The van der Waals surface area contributed by atoms with E-state index in [-0.39, 0.29) is 33.9 Å². The molecule has 8 heteroatoms. The number of amides is 2. The molecule has 0 spiro atoms. The molecule has 0 unspecified atom stereocenters. The Bertz CT molecular complexity index is 1310. The summed E-state index contributed by atoms with van der Waals surface area (Å²) in [6.45, 7) is 0. The molecule has 1 aromatic heterocycles. The molecule has 2 amide bonds. The number of hydrogen-bond acceptors (Lipinski definition) is 6. The summed E-state index contributed by atoms with van der Waals surface area (Å²) in [5.41, 5.74) is -0.00391. The topological polar surface area (TPSA) is 98.8 Å². The lowest BCUT2D eigenvalue weighted by Crippen LogP contribution is -2.69. The van der Waals surface area contributed by atoms with Crippen LogP contribution in [0.3, 0.4) is 0 Å². The Kier molecular flexibility index (Phi) is 5.59. The molecule has 6 aliphatic rings. The normalized spacial score (nSPS) is 32.6. The van der Waals surface area contributed by atoms with Crippen LogP contribution in [0.2, 0.25) is 0 Å². The van der Waals surface area contributed by atoms with E-state index in [0.717, 1.165) is 73.9 Å². The Hall–Kier alpha value is -3.03. The van der Waals surface area contributed by atoms with Gasteiger partial charge >= 0.3 is 0 Å². The van der Waals surface area contributed by atoms with E-state index >= 15 is 0 Å². The number of rotatable bonds is 11. The molecule has 0 aliphatic heterocycles. The maximum Gasteiger partial charge on any atom is 0.226 e. The summed E-state index contributed by atoms with van der Waals surface area (Å²) >= 11 is 0. The van der Waals surface area contributed by atoms with E-state index in [2.05, 4.69) is 15.6 Å². The molecule has 1 aromatic carbocycles. The summed E-state index contributed by atoms with van der Waals surface area (Å²) in [5, 5.41) is 7.57. The first-order valence-corrected chi connectivity index (χ1v) is 14.7. The van der Waals surface area contributed by atoms with Gasteiger partial charge in [-0.15, -0.1) is 0 Å². The molecule has 2 N–H and O–H groups in total. The number of pyridine rings is 1. The average Bonchev–Trinajstić information content (AvgIpc) is 3.70. The highest BCUT2D eigenvalue weighted by Crippen LogP contribution is 2.72. The minimum Gasteiger partial charge on any atom is -0.493 e. The fraction of sp³-hybridized carbons (Fsp3) is 0.645. The summed E-state index contributed by atoms with van der Waals surface area (Å²) in [6, 6.07) is 5.61. The number of aromatic nitrogens is 1. The zero-order chi connectivity index (χ0) is 26.9. The van der Waals surface area contributed by atoms with E-state index in [1.165, 1.54) is 25.7 Å². The van der Waals surface area contributed by atoms with Gasteiger partial charge in [-0.3, -0.25) is 14.6 Å². The zero-order valence-corrected chi connectivity index (χ0v) is 23.1. The van der Waals surface area contributed by atoms with Crippen LogP contribution in [0.25, 0.3) is 10.9 Å². The number of carbonyl (C=O) groups excluding carboxylic acids is 2. The van der Waals surface area contributed by atoms with Crippen molar-refractivity contribution in [2.24, 2.45) is 11.3 Å². The number of methoxy groups -OCH3 is 2. The van der Waals surface area contributed by atoms with Crippen LogP contribution in [0.4, 0.5) is 0 Å². The van der Waals surface area contributed by atoms with Crippen molar-refractivity contribution < 1.29 is 23.8 Å². The van der Waals surface area contributed by atoms with Crippen LogP contribution in [-0.2, 0) is 9.59 Å². The van der Waals surface area contributed by atoms with Gasteiger partial charge in [0.1, 0.15) is 11.4 Å². The summed E-state index contributed by atoms with van der Waals surface area (Å²) < 4.78 is 17.4. The quantitative estimate of drug-likeness (QED) is 0.430. The largest absolute Gasteiger partial charge is 0.493 e. The van der Waals surface area contributed by atoms with Gasteiger partial charge in [0, 0.05) is 47.9 Å². The second-order valence-electron chi connectivity index (χ2n) is 13.0. The first kappa shape index (κ1) is 25.0. The van der Waals surface area contributed by atoms with E-state index < -0.39 is 0 Å². The maximum absolute atomic E-state index is 13.4. The Morgan fingerprint density at radius 1 is 0.974 bits per heavy atom. The van der Waals surface area contributed by atoms with Gasteiger partial charge in [0.05, 0.1) is 25.3 Å². The van der Waals surface area contributed by atoms with Crippen molar-refractivity contribution in [3.63, 3.8) is 0 Å². The number of nitrogens with zero attached hydrogens (tertiary/aromatic N) is 1. The van der Waals surface area contributed by atoms with Crippen LogP contribution in [0.1, 0.15) is 83.5 Å². The molecule has 2 bridgehead atoms. The lowest BCUT2D eigenvalue weighted by Gasteiger charge is -2.62. The number of carbonyl (C=O) groups is 2. The number of hydrogen-bond donors (Lipinski definition) is 2. The number of ether oxygens (including phenoxy) is 3. The third-order valence-corrected chi connectivity index (χ3v) is 10.5. The fourth-order valence-electron chi connectivity index (χ4n) is 7.69. The van der Waals surface area contributed by atoms with E-state index in [1.54, 1.807) is 20.4 Å². The fourth-order valence-corrected chi connectivity index (χ4v) is 7.69. The first-order chi connectivity index (χ1) is 18.8. The summed E-state index contributed by atoms with van der Waals surface area (Å²) in [5.74, 6) is 3.16. The van der Waals surface area contributed by atoms with Crippen molar-refractivity contribution in [1.82, 2.24) is 15.6 Å². The van der Waals surface area contributed by atoms with E-state index in [4.69, 9.17) is 14.2 Å². The van der Waals surface area contributed by atoms with Gasteiger partial charge in [0.25, 0.3) is 0 Å². The maximum atomic E-state index is 13.4. The summed E-state index contributed by atoms with van der Waals surface area (Å²) in [4.78, 5) is 30.9. The van der Waals surface area contributed by atoms with Gasteiger partial charge in [-0.2, -0.15) is 0 Å². The highest BCUT2D eigenvalue weighted by Gasteiger charge is 2.87. The highest BCUT2D eigenvalue weighted by molar-refractivity contribution is 5.88. The van der Waals surface area contributed by atoms with Gasteiger partial charge < -0.3 is 24.8 Å². The van der Waals surface area contributed by atoms with E-state index in [9.17, 15) is 9.59 Å². The van der Waals surface area contributed by atoms with Crippen LogP contribution >= 0.6 is 0 Å². The number of nitrogens with one attached hydrogen (secondary N) is 2. The SMILES string of the molecule is COc1cc2nccc(OC34CC3(NC(=O)CCCC3(C(=O)NC56CC(C5)C6)CCCCC3)C4)c2cc1OC. The molecule has 6 fully saturated rings. The second-order valence-corrected chi connectivity index (χ2v) is 13.0. The van der Waals surface area contributed by atoms with Crippen molar-refractivity contribution in [3.05, 3.63) is 24.4 Å². The van der Waals surface area contributed by atoms with Crippen LogP contribution in [0, 0.1) is 11.3 Å². The molecular weight excluding hydrogens is 494 g/mol. The smallest absolute Gasteiger partial charge is 0.226 e. The summed E-state index contributed by atoms with van der Waals surface area (Å²) in [6.07, 6.45) is 14.2. The Morgan fingerprint density at radius 2 is 1.69 bits per heavy atom. The third kappa shape index (κ3) is 4.04. The van der Waals surface area contributed by atoms with Crippen molar-refractivity contribution in [2.75, 3.05) is 14.2 Å². The van der Waals surface area contributed by atoms with Crippen molar-refractivity contribution in [3.8, 4) is 17.2 Å². The van der Waals surface area contributed by atoms with Gasteiger partial charge in [0.15, 0.2) is 11.5 Å². The molecule has 0 atom stereocenters. The summed E-state index contributed by atoms with van der Waals surface area (Å²) in [7, 11) is 3.22. The molecule has 0 radical (unpaired) electrons. The minimum atomic E-state index is -0.336. The number of benzene rings is 1. The monoisotopic (exact) mass is 533 g/mol. The van der Waals surface area contributed by atoms with Crippen LogP contribution in [-0.4, -0.2) is 47.7 Å². The second kappa shape index (κ2) is 8.73. The predicted octanol–water partition coefficient (Wildman–Crippen LogP) is 4.82. The molecule has 1 heterocycles. The molecule has 6 saturated carbocycles. The van der Waals surface area contributed by atoms with Crippen molar-refractivity contribution >= 4 is 22.7 Å². The lowest BCUT2D eigenvalue weighted by molar-refractivity contribution is -0.145. The Balaban J connectivity index is 0.950. The Labute approximate surface area is 229 Å². The molecule has 8 nitrogen and oxygen atoms in total. The first-order valence-electron chi connectivity index (χ1n) is 14.7. The van der Waals surface area contributed by atoms with E-state index in [0.29, 0.717) is 17.9 Å². The minimum absolute atomic E-state index is 0.0646.